The molecule has 0 saturated heterocycles. The molecule has 0 N–H and O–H groups in total. The minimum absolute atomic E-state index is 0.0661. The fourth-order valence-corrected chi connectivity index (χ4v) is 8.72. The maximum absolute atomic E-state index is 4.81. The summed E-state index contributed by atoms with van der Waals surface area (Å²) in [5.74, 6) is 0. The number of hydrogen-bond acceptors (Lipinski definition) is 0. The Morgan fingerprint density at radius 1 is 0.733 bits per heavy atom. The van der Waals surface area contributed by atoms with Crippen LogP contribution < -0.4 is 0 Å². The molecule has 0 aromatic heterocycles. The third-order valence-corrected chi connectivity index (χ3v) is 7.81. The van der Waals surface area contributed by atoms with Gasteiger partial charge in [0, 0.05) is 41.2 Å². The fraction of sp³-hybridized carbons (Fsp3) is 1.00. The van der Waals surface area contributed by atoms with E-state index in [1.54, 1.807) is 24.6 Å². The molecule has 0 nitrogen and oxygen atoms in total. The second-order valence-corrected chi connectivity index (χ2v) is 15.5. The van der Waals surface area contributed by atoms with E-state index in [9.17, 15) is 0 Å². The van der Waals surface area contributed by atoms with E-state index in [4.69, 9.17) is 19.1 Å². The van der Waals surface area contributed by atoms with Crippen LogP contribution in [0.1, 0.15) is 0 Å². The van der Waals surface area contributed by atoms with Gasteiger partial charge in [-0.15, -0.1) is 0 Å². The van der Waals surface area contributed by atoms with Gasteiger partial charge in [-0.05, 0) is 15.8 Å². The molecule has 15 heavy (non-hydrogen) atoms. The van der Waals surface area contributed by atoms with Gasteiger partial charge in [-0.2, -0.15) is 0 Å². The van der Waals surface area contributed by atoms with Crippen molar-refractivity contribution in [2.45, 2.75) is 0 Å². The Kier molecular flexibility index (Phi) is 19.3. The normalized spacial score (nSPS) is 11.1. The summed E-state index contributed by atoms with van der Waals surface area (Å²) in [5.41, 5.74) is 0. The van der Waals surface area contributed by atoms with Crippen molar-refractivity contribution in [1.82, 2.24) is 0 Å². The van der Waals surface area contributed by atoms with Crippen LogP contribution in [0.2, 0.25) is 0 Å². The van der Waals surface area contributed by atoms with Crippen molar-refractivity contribution in [2.75, 3.05) is 58.0 Å². The number of hydrogen-bond donors (Lipinski definition) is 0. The molecule has 98 valence electrons. The van der Waals surface area contributed by atoms with E-state index >= 15 is 0 Å². The summed E-state index contributed by atoms with van der Waals surface area (Å²) in [4.78, 5) is 0. The minimum atomic E-state index is -0.106. The molecular weight excluding hydrogens is 378 g/mol. The predicted molar refractivity (Wildman–Crippen MR) is 85.7 cm³/mol. The molecule has 0 fully saturated rings. The standard InChI is InChI=1S/C9H23P3.2ClH.Pd/c1-10(2)6-8-12(5)9-7-11(3)4;;;/h6-9H2,1-5H3;2*1H;/q;;;+2/p+1. The first-order chi connectivity index (χ1) is 6.93. The number of rotatable bonds is 6. The van der Waals surface area contributed by atoms with Gasteiger partial charge in [-0.1, -0.05) is 0 Å². The van der Waals surface area contributed by atoms with E-state index in [0.717, 1.165) is 0 Å². The molecule has 6 heteroatoms. The molecule has 0 aromatic carbocycles. The fourth-order valence-electron chi connectivity index (χ4n) is 1.05. The SMILES string of the molecule is C[PH+](C)CC[PH+](C)CC[PH+](C)C.[Cl][Pd][Cl]. The van der Waals surface area contributed by atoms with Crippen molar-refractivity contribution < 1.29 is 15.9 Å². The van der Waals surface area contributed by atoms with Crippen LogP contribution in [-0.4, -0.2) is 58.0 Å². The average Bonchev–Trinajstić information content (AvgIpc) is 2.12. The van der Waals surface area contributed by atoms with Gasteiger partial charge in [0.25, 0.3) is 0 Å². The topological polar surface area (TPSA) is 0 Å². The summed E-state index contributed by atoms with van der Waals surface area (Å²) in [6, 6.07) is 0. The van der Waals surface area contributed by atoms with Crippen LogP contribution in [0.4, 0.5) is 0 Å². The molecule has 0 rings (SSSR count). The van der Waals surface area contributed by atoms with E-state index in [1.807, 2.05) is 0 Å². The van der Waals surface area contributed by atoms with Crippen LogP contribution in [0.25, 0.3) is 0 Å². The van der Waals surface area contributed by atoms with Crippen LogP contribution in [0.3, 0.4) is 0 Å². The zero-order valence-corrected chi connectivity index (χ0v) is 16.5. The third-order valence-electron chi connectivity index (χ3n) is 2.10. The van der Waals surface area contributed by atoms with E-state index in [-0.39, 0.29) is 39.7 Å². The first kappa shape index (κ1) is 19.9. The van der Waals surface area contributed by atoms with Crippen LogP contribution in [0.5, 0.6) is 0 Å². The van der Waals surface area contributed by atoms with Gasteiger partial charge in [0.2, 0.25) is 0 Å². The van der Waals surface area contributed by atoms with E-state index in [2.05, 4.69) is 33.3 Å². The molecule has 0 aliphatic carbocycles. The molecule has 0 heterocycles. The Balaban J connectivity index is 0. The third kappa shape index (κ3) is 22.2. The van der Waals surface area contributed by atoms with Gasteiger partial charge in [-0.3, -0.25) is 0 Å². The van der Waals surface area contributed by atoms with E-state index in [0.29, 0.717) is 0 Å². The Bertz CT molecular complexity index is 114. The second kappa shape index (κ2) is 14.6. The number of halogens is 2. The first-order valence-electron chi connectivity index (χ1n) is 5.15. The zero-order chi connectivity index (χ0) is 12.3. The van der Waals surface area contributed by atoms with Crippen molar-refractivity contribution in [2.24, 2.45) is 0 Å². The van der Waals surface area contributed by atoms with Crippen molar-refractivity contribution >= 4 is 42.8 Å². The average molecular weight is 405 g/mol. The maximum atomic E-state index is 4.81. The molecule has 0 aliphatic heterocycles. The Labute approximate surface area is 116 Å². The quantitative estimate of drug-likeness (QED) is 0.461. The Hall–Kier alpha value is 2.53. The van der Waals surface area contributed by atoms with E-state index in [1.165, 1.54) is 0 Å². The van der Waals surface area contributed by atoms with Gasteiger partial charge in [-0.25, -0.2) is 0 Å². The van der Waals surface area contributed by atoms with Crippen molar-refractivity contribution in [3.05, 3.63) is 0 Å². The van der Waals surface area contributed by atoms with E-state index < -0.39 is 0 Å². The molecule has 0 unspecified atom stereocenters. The predicted octanol–water partition coefficient (Wildman–Crippen LogP) is 4.15. The van der Waals surface area contributed by atoms with Gasteiger partial charge in [0.15, 0.2) is 0 Å². The Morgan fingerprint density at radius 3 is 1.20 bits per heavy atom. The summed E-state index contributed by atoms with van der Waals surface area (Å²) in [6.45, 7) is 12.3. The molecule has 0 spiro atoms. The Morgan fingerprint density at radius 2 is 1.00 bits per heavy atom. The summed E-state index contributed by atoms with van der Waals surface area (Å²) in [5, 5.41) is 0. The summed E-state index contributed by atoms with van der Waals surface area (Å²) in [7, 11) is 9.83. The van der Waals surface area contributed by atoms with Crippen LogP contribution in [0.15, 0.2) is 0 Å². The van der Waals surface area contributed by atoms with Crippen LogP contribution in [0, 0.1) is 0 Å². The van der Waals surface area contributed by atoms with Crippen LogP contribution >= 0.6 is 42.8 Å². The zero-order valence-electron chi connectivity index (χ0n) is 10.4. The first-order valence-corrected chi connectivity index (χ1v) is 17.0. The van der Waals surface area contributed by atoms with Crippen molar-refractivity contribution in [3.63, 3.8) is 0 Å². The molecule has 0 aromatic rings. The molecule has 0 aliphatic rings. The van der Waals surface area contributed by atoms with Gasteiger partial charge >= 0.3 is 35.0 Å². The monoisotopic (exact) mass is 403 g/mol. The summed E-state index contributed by atoms with van der Waals surface area (Å²) in [6.07, 6.45) is 6.29. The van der Waals surface area contributed by atoms with Gasteiger partial charge in [0.05, 0.1) is 24.6 Å². The van der Waals surface area contributed by atoms with Crippen molar-refractivity contribution in [1.29, 1.82) is 0 Å². The molecule has 0 atom stereocenters. The molecule has 0 amide bonds. The van der Waals surface area contributed by atoms with Gasteiger partial charge in [0.1, 0.15) is 0 Å². The summed E-state index contributed by atoms with van der Waals surface area (Å²) < 4.78 is 0. The van der Waals surface area contributed by atoms with Crippen LogP contribution in [-0.2, 0) is 15.9 Å². The molecule has 0 radical (unpaired) electrons. The van der Waals surface area contributed by atoms with Gasteiger partial charge < -0.3 is 0 Å². The summed E-state index contributed by atoms with van der Waals surface area (Å²) >= 11 is -0.106. The molecule has 0 bridgehead atoms. The molecule has 0 saturated carbocycles. The molecular formula is C9H26Cl2P3Pd+3. The second-order valence-electron chi connectivity index (χ2n) is 4.42. The van der Waals surface area contributed by atoms with Crippen molar-refractivity contribution in [3.8, 4) is 0 Å².